The van der Waals surface area contributed by atoms with Crippen molar-refractivity contribution < 1.29 is 23.6 Å². The van der Waals surface area contributed by atoms with Crippen LogP contribution in [0.2, 0.25) is 5.02 Å². The van der Waals surface area contributed by atoms with Crippen LogP contribution in [0.15, 0.2) is 36.4 Å². The fourth-order valence-electron chi connectivity index (χ4n) is 1.67. The molecule has 2 aromatic rings. The maximum absolute atomic E-state index is 13.4. The van der Waals surface area contributed by atoms with Gasteiger partial charge in [0, 0.05) is 22.1 Å². The molecule has 2 aromatic carbocycles. The second kappa shape index (κ2) is 6.21. The smallest absolute Gasteiger partial charge is 0.423 e. The van der Waals surface area contributed by atoms with Gasteiger partial charge in [0.2, 0.25) is 0 Å². The molecule has 8 heteroatoms. The molecule has 0 bridgehead atoms. The number of nitrogens with one attached hydrogen (secondary N) is 1. The Morgan fingerprint density at radius 3 is 2.48 bits per heavy atom. The minimum absolute atomic E-state index is 0.0302. The lowest BCUT2D eigenvalue weighted by molar-refractivity contribution is 0.102. The van der Waals surface area contributed by atoms with Crippen LogP contribution in [-0.4, -0.2) is 23.1 Å². The van der Waals surface area contributed by atoms with Crippen LogP contribution in [0.4, 0.5) is 14.5 Å². The van der Waals surface area contributed by atoms with Crippen molar-refractivity contribution in [2.45, 2.75) is 0 Å². The SMILES string of the molecule is O=C(Nc1cc(F)ccc1F)c1ccc(B(O)O)c(Cl)c1. The van der Waals surface area contributed by atoms with Crippen LogP contribution < -0.4 is 10.8 Å². The lowest BCUT2D eigenvalue weighted by Gasteiger charge is -2.08. The van der Waals surface area contributed by atoms with Gasteiger partial charge in [0.1, 0.15) is 11.6 Å². The van der Waals surface area contributed by atoms with E-state index in [9.17, 15) is 13.6 Å². The van der Waals surface area contributed by atoms with E-state index in [-0.39, 0.29) is 21.7 Å². The Morgan fingerprint density at radius 2 is 1.86 bits per heavy atom. The fraction of sp³-hybridized carbons (Fsp3) is 0. The molecule has 0 aliphatic carbocycles. The zero-order valence-corrected chi connectivity index (χ0v) is 11.2. The van der Waals surface area contributed by atoms with Crippen molar-refractivity contribution in [3.63, 3.8) is 0 Å². The van der Waals surface area contributed by atoms with Gasteiger partial charge in [-0.1, -0.05) is 17.7 Å². The van der Waals surface area contributed by atoms with Crippen LogP contribution in [0.1, 0.15) is 10.4 Å². The summed E-state index contributed by atoms with van der Waals surface area (Å²) in [5.41, 5.74) is -0.208. The van der Waals surface area contributed by atoms with Gasteiger partial charge in [-0.25, -0.2) is 8.78 Å². The third kappa shape index (κ3) is 3.58. The van der Waals surface area contributed by atoms with Crippen LogP contribution in [0.25, 0.3) is 0 Å². The molecule has 0 unspecified atom stereocenters. The second-order valence-electron chi connectivity index (χ2n) is 4.19. The number of rotatable bonds is 3. The van der Waals surface area contributed by atoms with Gasteiger partial charge in [-0.2, -0.15) is 0 Å². The molecule has 0 saturated carbocycles. The monoisotopic (exact) mass is 311 g/mol. The molecule has 0 aromatic heterocycles. The molecule has 4 nitrogen and oxygen atoms in total. The first-order valence-electron chi connectivity index (χ1n) is 5.80. The average molecular weight is 311 g/mol. The molecule has 0 heterocycles. The van der Waals surface area contributed by atoms with E-state index in [1.54, 1.807) is 0 Å². The lowest BCUT2D eigenvalue weighted by Crippen LogP contribution is -2.31. The summed E-state index contributed by atoms with van der Waals surface area (Å²) >= 11 is 5.79. The molecule has 108 valence electrons. The molecule has 0 aliphatic heterocycles. The van der Waals surface area contributed by atoms with Crippen molar-refractivity contribution in [1.82, 2.24) is 0 Å². The summed E-state index contributed by atoms with van der Waals surface area (Å²) in [6.45, 7) is 0. The first kappa shape index (κ1) is 15.4. The number of carbonyl (C=O) groups excluding carboxylic acids is 1. The zero-order valence-electron chi connectivity index (χ0n) is 10.5. The minimum atomic E-state index is -1.77. The van der Waals surface area contributed by atoms with E-state index < -0.39 is 24.7 Å². The van der Waals surface area contributed by atoms with E-state index in [0.717, 1.165) is 18.2 Å². The van der Waals surface area contributed by atoms with E-state index in [1.165, 1.54) is 18.2 Å². The van der Waals surface area contributed by atoms with Gasteiger partial charge >= 0.3 is 7.12 Å². The largest absolute Gasteiger partial charge is 0.489 e. The molecule has 21 heavy (non-hydrogen) atoms. The molecular formula is C13H9BClF2NO3. The Kier molecular flexibility index (Phi) is 4.57. The maximum Gasteiger partial charge on any atom is 0.489 e. The molecular weight excluding hydrogens is 302 g/mol. The highest BCUT2D eigenvalue weighted by molar-refractivity contribution is 6.62. The fourth-order valence-corrected chi connectivity index (χ4v) is 1.94. The van der Waals surface area contributed by atoms with Crippen molar-refractivity contribution in [2.24, 2.45) is 0 Å². The molecule has 0 spiro atoms. The summed E-state index contributed by atoms with van der Waals surface area (Å²) < 4.78 is 26.4. The molecule has 2 rings (SSSR count). The van der Waals surface area contributed by atoms with Gasteiger partial charge in [0.25, 0.3) is 5.91 Å². The molecule has 0 fully saturated rings. The molecule has 1 amide bonds. The number of benzene rings is 2. The van der Waals surface area contributed by atoms with Crippen LogP contribution in [0.5, 0.6) is 0 Å². The number of halogens is 3. The number of hydrogen-bond donors (Lipinski definition) is 3. The van der Waals surface area contributed by atoms with Crippen molar-refractivity contribution in [3.8, 4) is 0 Å². The van der Waals surface area contributed by atoms with E-state index in [2.05, 4.69) is 5.32 Å². The van der Waals surface area contributed by atoms with Gasteiger partial charge in [0.15, 0.2) is 0 Å². The van der Waals surface area contributed by atoms with Crippen molar-refractivity contribution in [3.05, 3.63) is 58.6 Å². The first-order valence-corrected chi connectivity index (χ1v) is 6.18. The van der Waals surface area contributed by atoms with Crippen LogP contribution in [0, 0.1) is 11.6 Å². The number of carbonyl (C=O) groups is 1. The summed E-state index contributed by atoms with van der Waals surface area (Å²) in [7, 11) is -1.77. The topological polar surface area (TPSA) is 69.6 Å². The van der Waals surface area contributed by atoms with Crippen LogP contribution in [-0.2, 0) is 0 Å². The Hall–Kier alpha value is -1.96. The summed E-state index contributed by atoms with van der Waals surface area (Å²) in [5, 5.41) is 20.2. The van der Waals surface area contributed by atoms with Crippen molar-refractivity contribution in [2.75, 3.05) is 5.32 Å². The molecule has 3 N–H and O–H groups in total. The Balaban J connectivity index is 2.24. The third-order valence-corrected chi connectivity index (χ3v) is 3.04. The van der Waals surface area contributed by atoms with Gasteiger partial charge in [-0.05, 0) is 24.3 Å². The number of hydrogen-bond acceptors (Lipinski definition) is 3. The average Bonchev–Trinajstić information content (AvgIpc) is 2.42. The highest BCUT2D eigenvalue weighted by Gasteiger charge is 2.17. The molecule has 0 atom stereocenters. The molecule has 0 saturated heterocycles. The first-order chi connectivity index (χ1) is 9.88. The Labute approximate surface area is 124 Å². The standard InChI is InChI=1S/C13H9BClF2NO3/c15-10-5-7(1-3-9(10)14(20)21)13(19)18-12-6-8(16)2-4-11(12)17/h1-6,20-21H,(H,18,19). The van der Waals surface area contributed by atoms with Crippen LogP contribution in [0.3, 0.4) is 0 Å². The Bertz CT molecular complexity index is 697. The van der Waals surface area contributed by atoms with E-state index in [0.29, 0.717) is 0 Å². The predicted octanol–water partition coefficient (Wildman–Crippen LogP) is 1.55. The highest BCUT2D eigenvalue weighted by Crippen LogP contribution is 2.17. The quantitative estimate of drug-likeness (QED) is 0.753. The number of anilines is 1. The lowest BCUT2D eigenvalue weighted by atomic mass is 9.80. The summed E-state index contributed by atoms with van der Waals surface area (Å²) in [6, 6.07) is 6.41. The Morgan fingerprint density at radius 1 is 1.14 bits per heavy atom. The third-order valence-electron chi connectivity index (χ3n) is 2.72. The highest BCUT2D eigenvalue weighted by atomic mass is 35.5. The minimum Gasteiger partial charge on any atom is -0.423 e. The maximum atomic E-state index is 13.4. The van der Waals surface area contributed by atoms with Crippen LogP contribution >= 0.6 is 11.6 Å². The van der Waals surface area contributed by atoms with Gasteiger partial charge < -0.3 is 15.4 Å². The van der Waals surface area contributed by atoms with Gasteiger partial charge in [0.05, 0.1) is 5.69 Å². The summed E-state index contributed by atoms with van der Waals surface area (Å²) in [6.07, 6.45) is 0. The zero-order chi connectivity index (χ0) is 15.6. The van der Waals surface area contributed by atoms with E-state index >= 15 is 0 Å². The summed E-state index contributed by atoms with van der Waals surface area (Å²) in [4.78, 5) is 11.9. The second-order valence-corrected chi connectivity index (χ2v) is 4.60. The van der Waals surface area contributed by atoms with Crippen molar-refractivity contribution in [1.29, 1.82) is 0 Å². The number of amides is 1. The van der Waals surface area contributed by atoms with Gasteiger partial charge in [-0.3, -0.25) is 4.79 Å². The van der Waals surface area contributed by atoms with Gasteiger partial charge in [-0.15, -0.1) is 0 Å². The van der Waals surface area contributed by atoms with Crippen molar-refractivity contribution >= 4 is 35.8 Å². The predicted molar refractivity (Wildman–Crippen MR) is 75.6 cm³/mol. The van der Waals surface area contributed by atoms with E-state index in [1.807, 2.05) is 0 Å². The molecule has 0 aliphatic rings. The summed E-state index contributed by atoms with van der Waals surface area (Å²) in [5.74, 6) is -2.18. The normalized spacial score (nSPS) is 10.3. The molecule has 0 radical (unpaired) electrons. The van der Waals surface area contributed by atoms with E-state index in [4.69, 9.17) is 21.6 Å².